The maximum Gasteiger partial charge on any atom is 0.178 e. The van der Waals surface area contributed by atoms with Gasteiger partial charge in [0, 0.05) is 0 Å². The second-order valence-corrected chi connectivity index (χ2v) is 8.24. The van der Waals surface area contributed by atoms with Gasteiger partial charge >= 0.3 is 0 Å². The molecule has 0 aromatic carbocycles. The molecule has 0 radical (unpaired) electrons. The number of hydrogen-bond acceptors (Lipinski definition) is 4. The van der Waals surface area contributed by atoms with Crippen LogP contribution in [0.1, 0.15) is 0 Å². The van der Waals surface area contributed by atoms with Crippen LogP contribution < -0.4 is 0 Å². The maximum atomic E-state index is 7.90. The van der Waals surface area contributed by atoms with Crippen LogP contribution in [-0.4, -0.2) is 7.82 Å². The van der Waals surface area contributed by atoms with E-state index in [1.54, 1.807) is 0 Å². The molecule has 0 bridgehead atoms. The molecule has 0 aromatic heterocycles. The molecule has 0 rings (SSSR count). The van der Waals surface area contributed by atoms with Crippen LogP contribution in [0, 0.1) is 10.7 Å². The van der Waals surface area contributed by atoms with Gasteiger partial charge in [-0.05, 0) is 0 Å². The second-order valence-electron chi connectivity index (χ2n) is 0.483. The van der Waals surface area contributed by atoms with Crippen LogP contribution in [-0.2, 0) is 0 Å². The van der Waals surface area contributed by atoms with E-state index in [1.165, 1.54) is 21.5 Å². The highest BCUT2D eigenvalue weighted by molar-refractivity contribution is 8.85. The molecular weight excluding hydrogens is 150 g/mol. The van der Waals surface area contributed by atoms with E-state index in [1.807, 2.05) is 5.40 Å². The van der Waals surface area contributed by atoms with Crippen LogP contribution in [0.25, 0.3) is 0 Å². The van der Waals surface area contributed by atoms with Crippen molar-refractivity contribution >= 4 is 40.9 Å². The van der Waals surface area contributed by atoms with E-state index in [9.17, 15) is 0 Å². The minimum Gasteiger partial charge on any atom is -0.186 e. The molecule has 34 valence electrons. The summed E-state index contributed by atoms with van der Waals surface area (Å²) in [5.41, 5.74) is 0. The summed E-state index contributed by atoms with van der Waals surface area (Å²) in [6.07, 6.45) is 0. The lowest BCUT2D eigenvalue weighted by Crippen LogP contribution is -1.59. The summed E-state index contributed by atoms with van der Waals surface area (Å²) in [5.74, 6) is 0. The largest absolute Gasteiger partial charge is 0.186 e. The minimum absolute atomic E-state index is 0.242. The van der Waals surface area contributed by atoms with Crippen molar-refractivity contribution < 1.29 is 0 Å². The first-order valence-corrected chi connectivity index (χ1v) is 7.68. The van der Waals surface area contributed by atoms with Crippen LogP contribution in [0.5, 0.6) is 0 Å². The first-order valence-electron chi connectivity index (χ1n) is 1.19. The quantitative estimate of drug-likeness (QED) is 0.208. The summed E-state index contributed by atoms with van der Waals surface area (Å²) >= 11 is 5.20. The SMILES string of the molecule is N#CS[SiH2]SS. The average Bonchev–Trinajstić information content (AvgIpc) is 1.61. The number of rotatable bonds is 2. The average molecular weight is 153 g/mol. The highest BCUT2D eigenvalue weighted by Crippen LogP contribution is 2.08. The third-order valence-electron chi connectivity index (χ3n) is 0.176. The monoisotopic (exact) mass is 153 g/mol. The van der Waals surface area contributed by atoms with Gasteiger partial charge in [-0.15, -0.1) is 21.9 Å². The van der Waals surface area contributed by atoms with Gasteiger partial charge in [0.05, 0.1) is 0 Å². The minimum atomic E-state index is -0.242. The van der Waals surface area contributed by atoms with Crippen molar-refractivity contribution in [2.75, 3.05) is 0 Å². The summed E-state index contributed by atoms with van der Waals surface area (Å²) in [6, 6.07) is 0. The van der Waals surface area contributed by atoms with E-state index in [-0.39, 0.29) is 7.82 Å². The lowest BCUT2D eigenvalue weighted by atomic mass is 11.8. The Bertz CT molecular complexity index is 58.3. The lowest BCUT2D eigenvalue weighted by molar-refractivity contribution is 1.57. The Balaban J connectivity index is 2.54. The molecule has 5 heteroatoms. The van der Waals surface area contributed by atoms with E-state index in [4.69, 9.17) is 5.26 Å². The van der Waals surface area contributed by atoms with Gasteiger partial charge in [-0.25, -0.2) is 0 Å². The molecule has 0 aliphatic heterocycles. The van der Waals surface area contributed by atoms with Gasteiger partial charge in [0.1, 0.15) is 5.40 Å². The molecule has 0 unspecified atom stereocenters. The molecule has 0 amide bonds. The summed E-state index contributed by atoms with van der Waals surface area (Å²) in [4.78, 5) is 0. The summed E-state index contributed by atoms with van der Waals surface area (Å²) in [6.45, 7) is 0. The van der Waals surface area contributed by atoms with Gasteiger partial charge in [0.2, 0.25) is 0 Å². The van der Waals surface area contributed by atoms with Crippen molar-refractivity contribution in [3.63, 3.8) is 0 Å². The molecule has 0 saturated carbocycles. The van der Waals surface area contributed by atoms with Crippen LogP contribution in [0.15, 0.2) is 0 Å². The fourth-order valence-electron chi connectivity index (χ4n) is 0.0527. The van der Waals surface area contributed by atoms with Gasteiger partial charge in [-0.3, -0.25) is 0 Å². The molecule has 0 aliphatic rings. The first kappa shape index (κ1) is 6.76. The zero-order valence-electron chi connectivity index (χ0n) is 2.92. The van der Waals surface area contributed by atoms with E-state index >= 15 is 0 Å². The molecule has 0 fully saturated rings. The van der Waals surface area contributed by atoms with Gasteiger partial charge in [0.25, 0.3) is 0 Å². The Morgan fingerprint density at radius 2 is 2.50 bits per heavy atom. The van der Waals surface area contributed by atoms with Crippen molar-refractivity contribution in [1.29, 1.82) is 5.26 Å². The van der Waals surface area contributed by atoms with Gasteiger partial charge < -0.3 is 0 Å². The van der Waals surface area contributed by atoms with Crippen LogP contribution >= 0.6 is 33.1 Å². The van der Waals surface area contributed by atoms with Crippen LogP contribution in [0.3, 0.4) is 0 Å². The predicted octanol–water partition coefficient (Wildman–Crippen LogP) is 0.777. The number of nitrogens with zero attached hydrogens (tertiary/aromatic N) is 1. The van der Waals surface area contributed by atoms with Crippen molar-refractivity contribution in [1.82, 2.24) is 0 Å². The molecule has 6 heavy (non-hydrogen) atoms. The molecule has 0 atom stereocenters. The number of thiocyanates is 1. The zero-order chi connectivity index (χ0) is 4.83. The smallest absolute Gasteiger partial charge is 0.178 e. The lowest BCUT2D eigenvalue weighted by Gasteiger charge is -1.74. The third kappa shape index (κ3) is 4.76. The topological polar surface area (TPSA) is 23.8 Å². The maximum absolute atomic E-state index is 7.90. The predicted molar refractivity (Wildman–Crippen MR) is 38.3 cm³/mol. The van der Waals surface area contributed by atoms with E-state index in [0.717, 1.165) is 0 Å². The molecule has 0 heterocycles. The zero-order valence-corrected chi connectivity index (χ0v) is 6.86. The fourth-order valence-corrected chi connectivity index (χ4v) is 2.85. The molecule has 1 nitrogen and oxygen atoms in total. The second kappa shape index (κ2) is 5.76. The molecule has 0 N–H and O–H groups in total. The first-order chi connectivity index (χ1) is 2.91. The Hall–Kier alpha value is 0.757. The molecular formula is CH3NS3Si. The standard InChI is InChI=1S/CH3NS3Si/c2-1-4-6-5-3/h3H,6H2. The van der Waals surface area contributed by atoms with E-state index in [0.29, 0.717) is 0 Å². The number of thiol groups is 1. The van der Waals surface area contributed by atoms with Crippen molar-refractivity contribution in [2.24, 2.45) is 0 Å². The molecule has 0 aromatic rings. The summed E-state index contributed by atoms with van der Waals surface area (Å²) < 4.78 is 0. The number of hydrogen-bond donors (Lipinski definition) is 1. The summed E-state index contributed by atoms with van der Waals surface area (Å²) in [5, 5.41) is 9.88. The Morgan fingerprint density at radius 3 is 2.67 bits per heavy atom. The molecule has 0 aliphatic carbocycles. The van der Waals surface area contributed by atoms with Crippen molar-refractivity contribution in [3.8, 4) is 5.40 Å². The fraction of sp³-hybridized carbons (Fsp3) is 0. The summed E-state index contributed by atoms with van der Waals surface area (Å²) in [7, 11) is 1.26. The van der Waals surface area contributed by atoms with Crippen LogP contribution in [0.2, 0.25) is 0 Å². The normalized spacial score (nSPS) is 9.33. The molecule has 0 saturated heterocycles. The third-order valence-corrected chi connectivity index (χ3v) is 6.44. The highest BCUT2D eigenvalue weighted by atomic mass is 33.2. The highest BCUT2D eigenvalue weighted by Gasteiger charge is 1.77. The Morgan fingerprint density at radius 1 is 1.83 bits per heavy atom. The molecule has 0 spiro atoms. The van der Waals surface area contributed by atoms with Crippen molar-refractivity contribution in [3.05, 3.63) is 0 Å². The number of nitriles is 1. The van der Waals surface area contributed by atoms with E-state index < -0.39 is 0 Å². The Labute approximate surface area is 51.8 Å². The van der Waals surface area contributed by atoms with Gasteiger partial charge in [0.15, 0.2) is 7.82 Å². The van der Waals surface area contributed by atoms with Gasteiger partial charge in [-0.1, -0.05) is 11.2 Å². The van der Waals surface area contributed by atoms with Crippen molar-refractivity contribution in [2.45, 2.75) is 0 Å². The van der Waals surface area contributed by atoms with Gasteiger partial charge in [-0.2, -0.15) is 5.26 Å². The Kier molecular flexibility index (Phi) is 6.48. The van der Waals surface area contributed by atoms with Crippen LogP contribution in [0.4, 0.5) is 0 Å². The van der Waals surface area contributed by atoms with E-state index in [2.05, 4.69) is 11.7 Å².